The molecule has 0 saturated carbocycles. The monoisotopic (exact) mass is 237 g/mol. The molecule has 1 aromatic rings. The van der Waals surface area contributed by atoms with Gasteiger partial charge in [0, 0.05) is 5.92 Å². The Morgan fingerprint density at radius 2 is 2.24 bits per heavy atom. The Labute approximate surface area is 101 Å². The van der Waals surface area contributed by atoms with Gasteiger partial charge in [-0.25, -0.2) is 0 Å². The average Bonchev–Trinajstić information content (AvgIpc) is 2.29. The zero-order valence-corrected chi connectivity index (χ0v) is 10.3. The van der Waals surface area contributed by atoms with Crippen molar-refractivity contribution in [2.75, 3.05) is 6.73 Å². The van der Waals surface area contributed by atoms with Crippen LogP contribution in [0.2, 0.25) is 0 Å². The Kier molecular flexibility index (Phi) is 4.97. The molecule has 0 fully saturated rings. The van der Waals surface area contributed by atoms with E-state index in [9.17, 15) is 9.90 Å². The minimum atomic E-state index is 0.0286. The van der Waals surface area contributed by atoms with Gasteiger partial charge < -0.3 is 9.84 Å². The van der Waals surface area contributed by atoms with Crippen LogP contribution in [0.3, 0.4) is 0 Å². The maximum atomic E-state index is 11.1. The number of Topliss-reactive ketones (excluding diaryl/α,β-unsaturated/α-hetero) is 1. The molecular weight excluding hydrogens is 218 g/mol. The van der Waals surface area contributed by atoms with E-state index in [-0.39, 0.29) is 24.2 Å². The first kappa shape index (κ1) is 13.5. The SMILES string of the molecule is CC(=O)C(C)CCc1ccc(O)c(OCN)c1. The minimum absolute atomic E-state index is 0.0286. The first-order valence-corrected chi connectivity index (χ1v) is 5.69. The van der Waals surface area contributed by atoms with Crippen LogP contribution in [0.15, 0.2) is 18.2 Å². The fourth-order valence-corrected chi connectivity index (χ4v) is 1.51. The molecule has 0 aliphatic rings. The number of phenolic OH excluding ortho intramolecular Hbond substituents is 1. The Bertz CT molecular complexity index is 390. The van der Waals surface area contributed by atoms with Crippen LogP contribution in [0.1, 0.15) is 25.8 Å². The number of phenols is 1. The first-order chi connectivity index (χ1) is 8.04. The fraction of sp³-hybridized carbons (Fsp3) is 0.462. The summed E-state index contributed by atoms with van der Waals surface area (Å²) in [6.45, 7) is 3.55. The molecule has 0 amide bonds. The van der Waals surface area contributed by atoms with E-state index in [2.05, 4.69) is 0 Å². The fourth-order valence-electron chi connectivity index (χ4n) is 1.51. The second-order valence-electron chi connectivity index (χ2n) is 4.16. The van der Waals surface area contributed by atoms with Gasteiger partial charge in [-0.15, -0.1) is 0 Å². The highest BCUT2D eigenvalue weighted by Crippen LogP contribution is 2.27. The summed E-state index contributed by atoms with van der Waals surface area (Å²) in [4.78, 5) is 11.1. The average molecular weight is 237 g/mol. The van der Waals surface area contributed by atoms with E-state index in [1.807, 2.05) is 13.0 Å². The molecule has 1 atom stereocenters. The Morgan fingerprint density at radius 3 is 2.82 bits per heavy atom. The topological polar surface area (TPSA) is 72.5 Å². The van der Waals surface area contributed by atoms with Crippen LogP contribution < -0.4 is 10.5 Å². The third kappa shape index (κ3) is 4.07. The van der Waals surface area contributed by atoms with E-state index < -0.39 is 0 Å². The summed E-state index contributed by atoms with van der Waals surface area (Å²) in [5.74, 6) is 0.726. The number of carbonyl (C=O) groups is 1. The van der Waals surface area contributed by atoms with Crippen molar-refractivity contribution in [3.63, 3.8) is 0 Å². The molecule has 3 N–H and O–H groups in total. The number of nitrogens with two attached hydrogens (primary N) is 1. The number of aryl methyl sites for hydroxylation is 1. The standard InChI is InChI=1S/C13H19NO3/c1-9(10(2)15)3-4-11-5-6-12(16)13(7-11)17-8-14/h5-7,9,16H,3-4,8,14H2,1-2H3. The number of aromatic hydroxyl groups is 1. The van der Waals surface area contributed by atoms with Crippen molar-refractivity contribution in [3.05, 3.63) is 23.8 Å². The van der Waals surface area contributed by atoms with E-state index >= 15 is 0 Å². The van der Waals surface area contributed by atoms with Crippen molar-refractivity contribution >= 4 is 5.78 Å². The number of hydrogen-bond donors (Lipinski definition) is 2. The molecule has 0 spiro atoms. The van der Waals surface area contributed by atoms with Crippen LogP contribution in [0, 0.1) is 5.92 Å². The maximum absolute atomic E-state index is 11.1. The molecular formula is C13H19NO3. The Hall–Kier alpha value is -1.55. The molecule has 1 aromatic carbocycles. The van der Waals surface area contributed by atoms with Crippen molar-refractivity contribution in [3.8, 4) is 11.5 Å². The summed E-state index contributed by atoms with van der Waals surface area (Å²) in [7, 11) is 0. The van der Waals surface area contributed by atoms with Crippen molar-refractivity contribution in [1.29, 1.82) is 0 Å². The van der Waals surface area contributed by atoms with E-state index in [0.29, 0.717) is 5.75 Å². The lowest BCUT2D eigenvalue weighted by molar-refractivity contribution is -0.120. The van der Waals surface area contributed by atoms with Crippen LogP contribution >= 0.6 is 0 Å². The van der Waals surface area contributed by atoms with Gasteiger partial charge in [0.1, 0.15) is 12.5 Å². The lowest BCUT2D eigenvalue weighted by Gasteiger charge is -2.10. The van der Waals surface area contributed by atoms with E-state index in [1.165, 1.54) is 0 Å². The van der Waals surface area contributed by atoms with Crippen LogP contribution in [0.5, 0.6) is 11.5 Å². The number of rotatable bonds is 6. The molecule has 4 nitrogen and oxygen atoms in total. The number of hydrogen-bond acceptors (Lipinski definition) is 4. The highest BCUT2D eigenvalue weighted by Gasteiger charge is 2.09. The van der Waals surface area contributed by atoms with Crippen LogP contribution in [0.4, 0.5) is 0 Å². The summed E-state index contributed by atoms with van der Waals surface area (Å²) in [5, 5.41) is 9.50. The number of ether oxygens (including phenoxy) is 1. The quantitative estimate of drug-likeness (QED) is 0.740. The largest absolute Gasteiger partial charge is 0.504 e. The number of ketones is 1. The zero-order chi connectivity index (χ0) is 12.8. The highest BCUT2D eigenvalue weighted by atomic mass is 16.5. The van der Waals surface area contributed by atoms with Gasteiger partial charge >= 0.3 is 0 Å². The summed E-state index contributed by atoms with van der Waals surface area (Å²) in [6.07, 6.45) is 1.57. The molecule has 1 unspecified atom stereocenters. The van der Waals surface area contributed by atoms with Gasteiger partial charge in [-0.2, -0.15) is 0 Å². The minimum Gasteiger partial charge on any atom is -0.504 e. The van der Waals surface area contributed by atoms with Crippen molar-refractivity contribution < 1.29 is 14.6 Å². The molecule has 0 aliphatic heterocycles. The predicted molar refractivity (Wildman–Crippen MR) is 66.0 cm³/mol. The van der Waals surface area contributed by atoms with E-state index in [0.717, 1.165) is 18.4 Å². The van der Waals surface area contributed by atoms with Gasteiger partial charge in [-0.1, -0.05) is 13.0 Å². The van der Waals surface area contributed by atoms with E-state index in [4.69, 9.17) is 10.5 Å². The molecule has 0 aliphatic carbocycles. The number of carbonyl (C=O) groups excluding carboxylic acids is 1. The molecule has 0 saturated heterocycles. The molecule has 4 heteroatoms. The molecule has 94 valence electrons. The van der Waals surface area contributed by atoms with Crippen LogP contribution in [0.25, 0.3) is 0 Å². The van der Waals surface area contributed by atoms with Gasteiger partial charge in [0.25, 0.3) is 0 Å². The van der Waals surface area contributed by atoms with Gasteiger partial charge in [-0.05, 0) is 37.5 Å². The van der Waals surface area contributed by atoms with Gasteiger partial charge in [-0.3, -0.25) is 10.5 Å². The summed E-state index contributed by atoms with van der Waals surface area (Å²) in [5.41, 5.74) is 6.29. The highest BCUT2D eigenvalue weighted by molar-refractivity contribution is 5.77. The number of benzene rings is 1. The zero-order valence-electron chi connectivity index (χ0n) is 10.3. The second kappa shape index (κ2) is 6.25. The normalized spacial score (nSPS) is 12.2. The van der Waals surface area contributed by atoms with Crippen LogP contribution in [-0.4, -0.2) is 17.6 Å². The summed E-state index contributed by atoms with van der Waals surface area (Å²) < 4.78 is 5.09. The van der Waals surface area contributed by atoms with Crippen molar-refractivity contribution in [1.82, 2.24) is 0 Å². The smallest absolute Gasteiger partial charge is 0.163 e. The summed E-state index contributed by atoms with van der Waals surface area (Å²) >= 11 is 0. The van der Waals surface area contributed by atoms with Crippen LogP contribution in [-0.2, 0) is 11.2 Å². The lowest BCUT2D eigenvalue weighted by atomic mass is 9.98. The lowest BCUT2D eigenvalue weighted by Crippen LogP contribution is -2.08. The maximum Gasteiger partial charge on any atom is 0.163 e. The van der Waals surface area contributed by atoms with Crippen molar-refractivity contribution in [2.45, 2.75) is 26.7 Å². The summed E-state index contributed by atoms with van der Waals surface area (Å²) in [6, 6.07) is 5.17. The molecule has 0 radical (unpaired) electrons. The molecule has 0 bridgehead atoms. The third-order valence-electron chi connectivity index (χ3n) is 2.82. The van der Waals surface area contributed by atoms with Gasteiger partial charge in [0.15, 0.2) is 11.5 Å². The predicted octanol–water partition coefficient (Wildman–Crippen LogP) is 1.84. The molecule has 1 rings (SSSR count). The Morgan fingerprint density at radius 1 is 1.53 bits per heavy atom. The second-order valence-corrected chi connectivity index (χ2v) is 4.16. The van der Waals surface area contributed by atoms with E-state index in [1.54, 1.807) is 19.1 Å². The molecule has 0 aromatic heterocycles. The molecule has 17 heavy (non-hydrogen) atoms. The third-order valence-corrected chi connectivity index (χ3v) is 2.82. The molecule has 0 heterocycles. The van der Waals surface area contributed by atoms with Crippen molar-refractivity contribution in [2.24, 2.45) is 11.7 Å². The Balaban J connectivity index is 2.65. The van der Waals surface area contributed by atoms with Gasteiger partial charge in [0.2, 0.25) is 0 Å². The van der Waals surface area contributed by atoms with Gasteiger partial charge in [0.05, 0.1) is 0 Å². The first-order valence-electron chi connectivity index (χ1n) is 5.69.